The molecule has 2 atom stereocenters. The predicted octanol–water partition coefficient (Wildman–Crippen LogP) is 1.88. The van der Waals surface area contributed by atoms with E-state index in [4.69, 9.17) is 14.6 Å². The summed E-state index contributed by atoms with van der Waals surface area (Å²) in [5.74, 6) is -0.00972. The van der Waals surface area contributed by atoms with Gasteiger partial charge < -0.3 is 19.9 Å². The molecular formula is C13H23NO5S. The summed E-state index contributed by atoms with van der Waals surface area (Å²) in [6.07, 6.45) is 1.58. The molecule has 0 radical (unpaired) electrons. The summed E-state index contributed by atoms with van der Waals surface area (Å²) in [6.45, 7) is 5.97. The van der Waals surface area contributed by atoms with Crippen LogP contribution in [0.25, 0.3) is 0 Å². The molecule has 7 heteroatoms. The Balaban J connectivity index is 2.32. The third kappa shape index (κ3) is 7.00. The van der Waals surface area contributed by atoms with Gasteiger partial charge in [0.2, 0.25) is 0 Å². The Morgan fingerprint density at radius 3 is 2.70 bits per heavy atom. The van der Waals surface area contributed by atoms with Gasteiger partial charge >= 0.3 is 12.1 Å². The molecule has 0 aliphatic carbocycles. The molecule has 0 aromatic carbocycles. The molecule has 6 nitrogen and oxygen atoms in total. The Kier molecular flexibility index (Phi) is 6.61. The average Bonchev–Trinajstić information content (AvgIpc) is 2.77. The van der Waals surface area contributed by atoms with Gasteiger partial charge in [-0.05, 0) is 33.6 Å². The number of nitrogens with one attached hydrogen (secondary N) is 1. The molecule has 1 aliphatic rings. The van der Waals surface area contributed by atoms with Gasteiger partial charge in [0.15, 0.2) is 0 Å². The minimum atomic E-state index is -1.06. The summed E-state index contributed by atoms with van der Waals surface area (Å²) in [5, 5.41) is 11.5. The van der Waals surface area contributed by atoms with E-state index < -0.39 is 23.7 Å². The molecule has 2 N–H and O–H groups in total. The highest BCUT2D eigenvalue weighted by Crippen LogP contribution is 2.17. The van der Waals surface area contributed by atoms with Crippen molar-refractivity contribution in [1.29, 1.82) is 0 Å². The molecule has 116 valence electrons. The fourth-order valence-electron chi connectivity index (χ4n) is 1.72. The summed E-state index contributed by atoms with van der Waals surface area (Å²) >= 11 is 1.47. The number of rotatable bonds is 6. The molecule has 0 spiro atoms. The number of hydrogen-bond donors (Lipinski definition) is 2. The Labute approximate surface area is 123 Å². The van der Waals surface area contributed by atoms with Crippen LogP contribution in [0.1, 0.15) is 33.6 Å². The molecule has 1 rings (SSSR count). The second-order valence-electron chi connectivity index (χ2n) is 5.71. The molecule has 0 aromatic heterocycles. The maximum atomic E-state index is 11.6. The molecule has 2 unspecified atom stereocenters. The number of carbonyl (C=O) groups excluding carboxylic acids is 1. The lowest BCUT2D eigenvalue weighted by Gasteiger charge is -2.22. The minimum absolute atomic E-state index is 0.205. The molecule has 1 aliphatic heterocycles. The third-order valence-electron chi connectivity index (χ3n) is 2.60. The summed E-state index contributed by atoms with van der Waals surface area (Å²) in [5.41, 5.74) is -0.641. The normalized spacial score (nSPS) is 20.4. The maximum absolute atomic E-state index is 11.6. The van der Waals surface area contributed by atoms with Gasteiger partial charge in [0, 0.05) is 18.1 Å². The maximum Gasteiger partial charge on any atom is 0.408 e. The second kappa shape index (κ2) is 7.73. The molecule has 0 aromatic rings. The molecule has 1 fully saturated rings. The number of aliphatic carboxylic acids is 1. The van der Waals surface area contributed by atoms with Gasteiger partial charge in [-0.25, -0.2) is 9.59 Å². The van der Waals surface area contributed by atoms with E-state index in [0.29, 0.717) is 5.75 Å². The first-order valence-corrected chi connectivity index (χ1v) is 7.85. The van der Waals surface area contributed by atoms with E-state index in [1.165, 1.54) is 11.8 Å². The van der Waals surface area contributed by atoms with E-state index in [-0.39, 0.29) is 6.10 Å². The third-order valence-corrected chi connectivity index (χ3v) is 3.78. The van der Waals surface area contributed by atoms with Gasteiger partial charge in [-0.15, -0.1) is 0 Å². The molecule has 1 amide bonds. The van der Waals surface area contributed by atoms with Crippen LogP contribution in [0.15, 0.2) is 0 Å². The summed E-state index contributed by atoms with van der Waals surface area (Å²) < 4.78 is 10.5. The molecule has 0 bridgehead atoms. The quantitative estimate of drug-likeness (QED) is 0.779. The lowest BCUT2D eigenvalue weighted by Crippen LogP contribution is -2.45. The lowest BCUT2D eigenvalue weighted by molar-refractivity contribution is -0.138. The first-order valence-electron chi connectivity index (χ1n) is 6.69. The Morgan fingerprint density at radius 1 is 1.50 bits per heavy atom. The lowest BCUT2D eigenvalue weighted by atomic mass is 10.2. The fraction of sp³-hybridized carbons (Fsp3) is 0.846. The van der Waals surface area contributed by atoms with Crippen molar-refractivity contribution >= 4 is 23.8 Å². The highest BCUT2D eigenvalue weighted by atomic mass is 32.2. The van der Waals surface area contributed by atoms with Gasteiger partial charge in [-0.1, -0.05) is 0 Å². The van der Waals surface area contributed by atoms with Crippen LogP contribution in [0.3, 0.4) is 0 Å². The number of alkyl carbamates (subject to hydrolysis) is 1. The number of amides is 1. The first-order chi connectivity index (χ1) is 9.28. The van der Waals surface area contributed by atoms with Crippen molar-refractivity contribution in [3.63, 3.8) is 0 Å². The van der Waals surface area contributed by atoms with Crippen molar-refractivity contribution in [2.24, 2.45) is 0 Å². The number of carbonyl (C=O) groups is 2. The van der Waals surface area contributed by atoms with Crippen LogP contribution in [-0.2, 0) is 14.3 Å². The van der Waals surface area contributed by atoms with Gasteiger partial charge in [0.05, 0.1) is 6.10 Å². The highest BCUT2D eigenvalue weighted by Gasteiger charge is 2.24. The second-order valence-corrected chi connectivity index (χ2v) is 6.78. The van der Waals surface area contributed by atoms with E-state index in [1.54, 1.807) is 20.8 Å². The van der Waals surface area contributed by atoms with Gasteiger partial charge in [0.1, 0.15) is 11.6 Å². The number of carboxylic acid groups (broad SMARTS) is 1. The van der Waals surface area contributed by atoms with Gasteiger partial charge in [-0.2, -0.15) is 11.8 Å². The molecular weight excluding hydrogens is 282 g/mol. The van der Waals surface area contributed by atoms with E-state index in [2.05, 4.69) is 5.32 Å². The van der Waals surface area contributed by atoms with Gasteiger partial charge in [-0.3, -0.25) is 0 Å². The smallest absolute Gasteiger partial charge is 0.408 e. The largest absolute Gasteiger partial charge is 0.480 e. The molecule has 20 heavy (non-hydrogen) atoms. The SMILES string of the molecule is CC(C)(C)OC(=O)NC(CSCC1CCCO1)C(=O)O. The van der Waals surface area contributed by atoms with Crippen LogP contribution in [0, 0.1) is 0 Å². The number of carboxylic acids is 1. The monoisotopic (exact) mass is 305 g/mol. The zero-order valence-corrected chi connectivity index (χ0v) is 13.0. The number of hydrogen-bond acceptors (Lipinski definition) is 5. The van der Waals surface area contributed by atoms with Crippen LogP contribution in [0.4, 0.5) is 4.79 Å². The molecule has 1 heterocycles. The van der Waals surface area contributed by atoms with Crippen LogP contribution in [-0.4, -0.2) is 53.0 Å². The minimum Gasteiger partial charge on any atom is -0.480 e. The zero-order chi connectivity index (χ0) is 15.2. The van der Waals surface area contributed by atoms with E-state index >= 15 is 0 Å². The number of ether oxygens (including phenoxy) is 2. The van der Waals surface area contributed by atoms with Crippen LogP contribution in [0.2, 0.25) is 0 Å². The Morgan fingerprint density at radius 2 is 2.20 bits per heavy atom. The van der Waals surface area contributed by atoms with Crippen molar-refractivity contribution in [3.8, 4) is 0 Å². The fourth-order valence-corrected chi connectivity index (χ4v) is 2.84. The van der Waals surface area contributed by atoms with Crippen LogP contribution in [0.5, 0.6) is 0 Å². The Bertz CT molecular complexity index is 336. The van der Waals surface area contributed by atoms with E-state index in [1.807, 2.05) is 0 Å². The zero-order valence-electron chi connectivity index (χ0n) is 12.2. The van der Waals surface area contributed by atoms with E-state index in [0.717, 1.165) is 25.2 Å². The van der Waals surface area contributed by atoms with Crippen molar-refractivity contribution < 1.29 is 24.2 Å². The van der Waals surface area contributed by atoms with Crippen LogP contribution < -0.4 is 5.32 Å². The summed E-state index contributed by atoms with van der Waals surface area (Å²) in [6, 6.07) is -0.948. The van der Waals surface area contributed by atoms with Gasteiger partial charge in [0.25, 0.3) is 0 Å². The van der Waals surface area contributed by atoms with Crippen LogP contribution >= 0.6 is 11.8 Å². The van der Waals surface area contributed by atoms with Crippen molar-refractivity contribution in [2.45, 2.75) is 51.4 Å². The standard InChI is InChI=1S/C13H23NO5S/c1-13(2,3)19-12(17)14-10(11(15)16)8-20-7-9-5-4-6-18-9/h9-10H,4-8H2,1-3H3,(H,14,17)(H,15,16). The molecule has 0 saturated carbocycles. The predicted molar refractivity (Wildman–Crippen MR) is 77.1 cm³/mol. The first kappa shape index (κ1) is 17.1. The van der Waals surface area contributed by atoms with Crippen molar-refractivity contribution in [2.75, 3.05) is 18.1 Å². The Hall–Kier alpha value is -0.950. The summed E-state index contributed by atoms with van der Waals surface area (Å²) in [7, 11) is 0. The average molecular weight is 305 g/mol. The van der Waals surface area contributed by atoms with E-state index in [9.17, 15) is 9.59 Å². The number of thioether (sulfide) groups is 1. The molecule has 1 saturated heterocycles. The van der Waals surface area contributed by atoms with Crippen molar-refractivity contribution in [3.05, 3.63) is 0 Å². The topological polar surface area (TPSA) is 84.9 Å². The highest BCUT2D eigenvalue weighted by molar-refractivity contribution is 7.99. The van der Waals surface area contributed by atoms with Crippen molar-refractivity contribution in [1.82, 2.24) is 5.32 Å². The summed E-state index contributed by atoms with van der Waals surface area (Å²) in [4.78, 5) is 22.7.